The van der Waals surface area contributed by atoms with Gasteiger partial charge in [0.05, 0.1) is 18.1 Å². The van der Waals surface area contributed by atoms with Crippen molar-refractivity contribution in [1.82, 2.24) is 9.97 Å². The molecular weight excluding hydrogens is 326 g/mol. The summed E-state index contributed by atoms with van der Waals surface area (Å²) in [5, 5.41) is 11.8. The van der Waals surface area contributed by atoms with E-state index >= 15 is 0 Å². The van der Waals surface area contributed by atoms with Gasteiger partial charge in [-0.15, -0.1) is 0 Å². The molecule has 2 aromatic heterocycles. The second kappa shape index (κ2) is 5.75. The van der Waals surface area contributed by atoms with E-state index in [4.69, 9.17) is 13.9 Å². The average Bonchev–Trinajstić information content (AvgIpc) is 3.01. The number of hydrogen-bond donors (Lipinski definition) is 0. The van der Waals surface area contributed by atoms with Crippen molar-refractivity contribution in [3.8, 4) is 17.4 Å². The van der Waals surface area contributed by atoms with Gasteiger partial charge in [-0.05, 0) is 18.2 Å². The van der Waals surface area contributed by atoms with Gasteiger partial charge in [-0.1, -0.05) is 12.1 Å². The van der Waals surface area contributed by atoms with Crippen LogP contribution in [0.1, 0.15) is 0 Å². The summed E-state index contributed by atoms with van der Waals surface area (Å²) in [5.41, 5.74) is 1.49. The van der Waals surface area contributed by atoms with Crippen LogP contribution in [0.2, 0.25) is 0 Å². The van der Waals surface area contributed by atoms with Gasteiger partial charge in [0.25, 0.3) is 11.6 Å². The first-order chi connectivity index (χ1) is 12.2. The highest BCUT2D eigenvalue weighted by Crippen LogP contribution is 2.38. The number of nitro groups is 1. The van der Waals surface area contributed by atoms with Crippen molar-refractivity contribution >= 4 is 27.8 Å². The third kappa shape index (κ3) is 2.49. The molecule has 0 aliphatic heterocycles. The number of aromatic nitrogens is 2. The van der Waals surface area contributed by atoms with E-state index in [9.17, 15) is 10.1 Å². The Morgan fingerprint density at radius 2 is 1.96 bits per heavy atom. The summed E-state index contributed by atoms with van der Waals surface area (Å²) in [7, 11) is 1.45. The summed E-state index contributed by atoms with van der Waals surface area (Å²) >= 11 is 0. The lowest BCUT2D eigenvalue weighted by atomic mass is 10.2. The fourth-order valence-electron chi connectivity index (χ4n) is 2.54. The Morgan fingerprint density at radius 3 is 2.76 bits per heavy atom. The van der Waals surface area contributed by atoms with Crippen LogP contribution in [-0.4, -0.2) is 22.0 Å². The van der Waals surface area contributed by atoms with E-state index in [1.165, 1.54) is 31.6 Å². The summed E-state index contributed by atoms with van der Waals surface area (Å²) < 4.78 is 16.7. The molecule has 2 aromatic carbocycles. The van der Waals surface area contributed by atoms with E-state index in [0.717, 1.165) is 5.39 Å². The minimum absolute atomic E-state index is 0.120. The van der Waals surface area contributed by atoms with Gasteiger partial charge < -0.3 is 13.9 Å². The molecule has 2 heterocycles. The molecule has 0 aliphatic carbocycles. The van der Waals surface area contributed by atoms with E-state index in [1.54, 1.807) is 0 Å². The molecule has 0 radical (unpaired) electrons. The highest BCUT2D eigenvalue weighted by atomic mass is 16.6. The maximum absolute atomic E-state index is 11.0. The van der Waals surface area contributed by atoms with Crippen LogP contribution in [-0.2, 0) is 0 Å². The first-order valence-corrected chi connectivity index (χ1v) is 7.30. The molecule has 124 valence electrons. The van der Waals surface area contributed by atoms with E-state index in [1.807, 2.05) is 24.3 Å². The normalized spacial score (nSPS) is 10.9. The highest BCUT2D eigenvalue weighted by Gasteiger charge is 2.18. The third-order valence-corrected chi connectivity index (χ3v) is 3.69. The molecule has 0 amide bonds. The summed E-state index contributed by atoms with van der Waals surface area (Å²) in [5.74, 6) is 0.658. The van der Waals surface area contributed by atoms with E-state index in [2.05, 4.69) is 9.97 Å². The lowest BCUT2D eigenvalue weighted by Crippen LogP contribution is -1.95. The molecule has 0 saturated heterocycles. The Kier molecular flexibility index (Phi) is 3.42. The molecule has 0 N–H and O–H groups in total. The first-order valence-electron chi connectivity index (χ1n) is 7.30. The molecule has 4 aromatic rings. The number of hydrogen-bond acceptors (Lipinski definition) is 7. The van der Waals surface area contributed by atoms with Crippen molar-refractivity contribution in [1.29, 1.82) is 0 Å². The zero-order valence-corrected chi connectivity index (χ0v) is 13.0. The van der Waals surface area contributed by atoms with Gasteiger partial charge in [-0.3, -0.25) is 10.1 Å². The summed E-state index contributed by atoms with van der Waals surface area (Å²) in [6, 6.07) is 11.5. The largest absolute Gasteiger partial charge is 0.493 e. The summed E-state index contributed by atoms with van der Waals surface area (Å²) in [6.07, 6.45) is 1.35. The predicted octanol–water partition coefficient (Wildman–Crippen LogP) is 4.09. The zero-order chi connectivity index (χ0) is 17.4. The van der Waals surface area contributed by atoms with Gasteiger partial charge in [-0.2, -0.15) is 4.98 Å². The fraction of sp³-hybridized carbons (Fsp3) is 0.0588. The highest BCUT2D eigenvalue weighted by molar-refractivity contribution is 6.03. The van der Waals surface area contributed by atoms with Gasteiger partial charge in [-0.25, -0.2) is 4.98 Å². The summed E-state index contributed by atoms with van der Waals surface area (Å²) in [4.78, 5) is 18.8. The van der Waals surface area contributed by atoms with Crippen LogP contribution < -0.4 is 9.47 Å². The van der Waals surface area contributed by atoms with Crippen LogP contribution in [0.3, 0.4) is 0 Å². The number of nitrogens with zero attached hydrogens (tertiary/aromatic N) is 3. The number of methoxy groups -OCH3 is 1. The van der Waals surface area contributed by atoms with Gasteiger partial charge >= 0.3 is 0 Å². The number of rotatable bonds is 4. The van der Waals surface area contributed by atoms with Crippen LogP contribution in [0.25, 0.3) is 22.1 Å². The molecule has 8 nitrogen and oxygen atoms in total. The molecule has 0 aliphatic rings. The van der Waals surface area contributed by atoms with Gasteiger partial charge in [0.2, 0.25) is 5.58 Å². The van der Waals surface area contributed by atoms with Crippen molar-refractivity contribution in [3.05, 3.63) is 58.9 Å². The average molecular weight is 337 g/mol. The zero-order valence-electron chi connectivity index (χ0n) is 13.0. The van der Waals surface area contributed by atoms with E-state index in [0.29, 0.717) is 22.4 Å². The predicted molar refractivity (Wildman–Crippen MR) is 89.0 cm³/mol. The number of benzene rings is 2. The number of fused-ring (bicyclic) bond motifs is 3. The molecular formula is C17H11N3O5. The van der Waals surface area contributed by atoms with Crippen LogP contribution in [0.4, 0.5) is 5.69 Å². The number of non-ortho nitro benzene ring substituents is 1. The second-order valence-electron chi connectivity index (χ2n) is 5.15. The summed E-state index contributed by atoms with van der Waals surface area (Å²) in [6.45, 7) is 0. The Morgan fingerprint density at radius 1 is 1.12 bits per heavy atom. The molecule has 25 heavy (non-hydrogen) atoms. The maximum atomic E-state index is 11.0. The molecule has 0 atom stereocenters. The van der Waals surface area contributed by atoms with Gasteiger partial charge in [0, 0.05) is 11.5 Å². The third-order valence-electron chi connectivity index (χ3n) is 3.69. The molecule has 0 spiro atoms. The lowest BCUT2D eigenvalue weighted by Gasteiger charge is -2.09. The monoisotopic (exact) mass is 337 g/mol. The Labute approximate surface area is 140 Å². The van der Waals surface area contributed by atoms with Crippen LogP contribution in [0.15, 0.2) is 53.2 Å². The molecule has 8 heteroatoms. The van der Waals surface area contributed by atoms with E-state index in [-0.39, 0.29) is 17.3 Å². The molecule has 0 unspecified atom stereocenters. The number of furan rings is 1. The Balaban J connectivity index is 1.86. The van der Waals surface area contributed by atoms with Crippen molar-refractivity contribution in [2.45, 2.75) is 0 Å². The lowest BCUT2D eigenvalue weighted by molar-refractivity contribution is -0.384. The molecule has 0 saturated carbocycles. The van der Waals surface area contributed by atoms with Crippen LogP contribution in [0.5, 0.6) is 17.4 Å². The second-order valence-corrected chi connectivity index (χ2v) is 5.15. The SMILES string of the molecule is COc1ccc([N+](=O)[O-])cc1Oc1ncnc2c1oc1ccccc12. The molecule has 0 fully saturated rings. The maximum Gasteiger partial charge on any atom is 0.273 e. The molecule has 0 bridgehead atoms. The van der Waals surface area contributed by atoms with Gasteiger partial charge in [0.15, 0.2) is 11.5 Å². The number of nitro benzene ring substituents is 1. The number of para-hydroxylation sites is 1. The number of ether oxygens (including phenoxy) is 2. The van der Waals surface area contributed by atoms with E-state index < -0.39 is 4.92 Å². The minimum atomic E-state index is -0.511. The molecule has 4 rings (SSSR count). The standard InChI is InChI=1S/C17H11N3O5/c1-23-13-7-6-10(20(21)22)8-14(13)25-17-16-15(18-9-19-17)11-4-2-3-5-12(11)24-16/h2-9H,1H3. The topological polar surface area (TPSA) is 101 Å². The Hall–Kier alpha value is -3.68. The van der Waals surface area contributed by atoms with Crippen molar-refractivity contribution in [2.24, 2.45) is 0 Å². The van der Waals surface area contributed by atoms with Crippen LogP contribution >= 0.6 is 0 Å². The fourth-order valence-corrected chi connectivity index (χ4v) is 2.54. The smallest absolute Gasteiger partial charge is 0.273 e. The van der Waals surface area contributed by atoms with Crippen molar-refractivity contribution in [3.63, 3.8) is 0 Å². The minimum Gasteiger partial charge on any atom is -0.493 e. The van der Waals surface area contributed by atoms with Gasteiger partial charge in [0.1, 0.15) is 17.4 Å². The van der Waals surface area contributed by atoms with Crippen molar-refractivity contribution in [2.75, 3.05) is 7.11 Å². The first kappa shape index (κ1) is 14.9. The quantitative estimate of drug-likeness (QED) is 0.408. The van der Waals surface area contributed by atoms with Crippen LogP contribution in [0, 0.1) is 10.1 Å². The van der Waals surface area contributed by atoms with Crippen molar-refractivity contribution < 1.29 is 18.8 Å². The Bertz CT molecular complexity index is 1110.